The zero-order valence-electron chi connectivity index (χ0n) is 53.2. The summed E-state index contributed by atoms with van der Waals surface area (Å²) in [5.74, 6) is 0. The fraction of sp³-hybridized carbons (Fsp3) is 0.200. The molecule has 0 atom stereocenters. The van der Waals surface area contributed by atoms with E-state index in [9.17, 15) is 0 Å². The van der Waals surface area contributed by atoms with Crippen molar-refractivity contribution in [1.82, 2.24) is 0 Å². The van der Waals surface area contributed by atoms with Crippen LogP contribution in [0.25, 0.3) is 87.7 Å². The van der Waals surface area contributed by atoms with E-state index >= 15 is 0 Å². The number of benzene rings is 12. The van der Waals surface area contributed by atoms with Crippen LogP contribution in [0.2, 0.25) is 0 Å². The average molecular weight is 1160 g/mol. The largest absolute Gasteiger partial charge is 0.455 e. The summed E-state index contributed by atoms with van der Waals surface area (Å²) in [5, 5.41) is 8.81. The van der Waals surface area contributed by atoms with E-state index in [1.807, 2.05) is 0 Å². The van der Waals surface area contributed by atoms with Crippen molar-refractivity contribution < 1.29 is 8.83 Å². The number of fused-ring (bicyclic) bond motifs is 23. The molecule has 4 heteroatoms. The van der Waals surface area contributed by atoms with E-state index in [4.69, 9.17) is 8.83 Å². The molecule has 0 N–H and O–H groups in total. The fourth-order valence-electron chi connectivity index (χ4n) is 15.1. The van der Waals surface area contributed by atoms with Gasteiger partial charge in [-0.15, -0.1) is 0 Å². The number of nitrogens with zero attached hydrogens (tertiary/aromatic N) is 2. The van der Waals surface area contributed by atoms with E-state index < -0.39 is 5.41 Å². The van der Waals surface area contributed by atoms with Crippen LogP contribution in [-0.2, 0) is 27.1 Å². The molecule has 0 aliphatic heterocycles. The van der Waals surface area contributed by atoms with Crippen molar-refractivity contribution in [3.8, 4) is 22.3 Å². The third-order valence-corrected chi connectivity index (χ3v) is 19.7. The molecular formula is C85H74N2O2. The first-order valence-electron chi connectivity index (χ1n) is 31.7. The van der Waals surface area contributed by atoms with Crippen LogP contribution in [0.3, 0.4) is 0 Å². The van der Waals surface area contributed by atoms with Gasteiger partial charge in [0, 0.05) is 71.9 Å². The molecule has 0 radical (unpaired) electrons. The highest BCUT2D eigenvalue weighted by atomic mass is 16.3. The van der Waals surface area contributed by atoms with E-state index in [0.29, 0.717) is 0 Å². The first kappa shape index (κ1) is 54.7. The Balaban J connectivity index is 1.08. The number of furan rings is 2. The maximum absolute atomic E-state index is 7.66. The van der Waals surface area contributed by atoms with Gasteiger partial charge < -0.3 is 18.6 Å². The first-order chi connectivity index (χ1) is 42.7. The van der Waals surface area contributed by atoms with Crippen LogP contribution < -0.4 is 9.80 Å². The highest BCUT2D eigenvalue weighted by molar-refractivity contribution is 6.31. The van der Waals surface area contributed by atoms with Gasteiger partial charge in [0.25, 0.3) is 0 Å². The lowest BCUT2D eigenvalue weighted by Gasteiger charge is -2.34. The third-order valence-electron chi connectivity index (χ3n) is 19.7. The summed E-state index contributed by atoms with van der Waals surface area (Å²) in [6.07, 6.45) is 0. The average Bonchev–Trinajstić information content (AvgIpc) is 1.49. The van der Waals surface area contributed by atoms with Crippen LogP contribution in [0.15, 0.2) is 239 Å². The highest BCUT2D eigenvalue weighted by Gasteiger charge is 2.55. The lowest BCUT2D eigenvalue weighted by Crippen LogP contribution is -2.26. The van der Waals surface area contributed by atoms with Crippen LogP contribution >= 0.6 is 0 Å². The van der Waals surface area contributed by atoms with Crippen molar-refractivity contribution in [2.24, 2.45) is 0 Å². The predicted molar refractivity (Wildman–Crippen MR) is 376 cm³/mol. The zero-order chi connectivity index (χ0) is 61.3. The van der Waals surface area contributed by atoms with Crippen molar-refractivity contribution in [1.29, 1.82) is 0 Å². The molecule has 4 nitrogen and oxygen atoms in total. The SMILES string of the molecule is CC(C)(C)c1ccc(N(c2ccc(C(C)(C)C)cc2)c2ccc3c4c(c5oc6ccccc6c5c3c2)-c2c(cc(N(c3ccc(C(C)(C)C)cc3)c3ccc(C(C)(C)C)cc3)c3ccc5c6ccccc6oc5c23)C42c3ccccc3-c3ccccc32)cc1. The Kier molecular flexibility index (Phi) is 11.8. The number of para-hydroxylation sites is 2. The topological polar surface area (TPSA) is 32.8 Å². The van der Waals surface area contributed by atoms with E-state index in [1.165, 1.54) is 61.0 Å². The number of rotatable bonds is 6. The van der Waals surface area contributed by atoms with Gasteiger partial charge in [0.2, 0.25) is 0 Å². The molecule has 2 aliphatic carbocycles. The summed E-state index contributed by atoms with van der Waals surface area (Å²) >= 11 is 0. The van der Waals surface area contributed by atoms with Crippen molar-refractivity contribution in [3.05, 3.63) is 275 Å². The third kappa shape index (κ3) is 8.18. The van der Waals surface area contributed by atoms with Gasteiger partial charge in [0.1, 0.15) is 22.3 Å². The van der Waals surface area contributed by atoms with Crippen molar-refractivity contribution in [2.45, 2.75) is 110 Å². The standard InChI is InChI=1S/C85H74N2O2/c1-81(2,3)51-29-37-55(38-30-51)86(56-39-31-52(32-40-56)82(4,5)6)59-45-46-63-67(49-59)74-66-24-16-20-28-73(66)89-80(74)77-76-70(85(78(63)77)68-25-17-13-21-60(68)61-22-14-18-26-69(61)85)50-71(65-48-47-64-62-23-15-19-27-72(62)88-79(64)75(65)76)87(57-41-33-53(34-42-57)83(7,8)9)58-43-35-54(36-44-58)84(10,11)12/h13-50H,1-12H3. The lowest BCUT2D eigenvalue weighted by molar-refractivity contribution is 0.590. The van der Waals surface area contributed by atoms with Gasteiger partial charge in [-0.05, 0) is 173 Å². The molecule has 2 heterocycles. The van der Waals surface area contributed by atoms with Crippen LogP contribution in [0.5, 0.6) is 0 Å². The Labute approximate surface area is 522 Å². The van der Waals surface area contributed by atoms with Gasteiger partial charge in [-0.1, -0.05) is 229 Å². The van der Waals surface area contributed by atoms with Gasteiger partial charge in [-0.2, -0.15) is 0 Å². The molecular weight excluding hydrogens is 1080 g/mol. The molecule has 0 fully saturated rings. The van der Waals surface area contributed by atoms with Crippen molar-refractivity contribution in [3.63, 3.8) is 0 Å². The lowest BCUT2D eigenvalue weighted by atomic mass is 9.69. The van der Waals surface area contributed by atoms with Crippen LogP contribution in [0, 0.1) is 0 Å². The molecule has 0 bridgehead atoms. The molecule has 0 saturated carbocycles. The summed E-state index contributed by atoms with van der Waals surface area (Å²) in [6, 6.07) is 87.1. The summed E-state index contributed by atoms with van der Waals surface area (Å²) in [4.78, 5) is 4.95. The Morgan fingerprint density at radius 2 is 0.697 bits per heavy atom. The van der Waals surface area contributed by atoms with E-state index in [1.54, 1.807) is 0 Å². The van der Waals surface area contributed by atoms with Gasteiger partial charge in [0.05, 0.1) is 11.1 Å². The smallest absolute Gasteiger partial charge is 0.144 e. The van der Waals surface area contributed by atoms with Crippen LogP contribution in [0.1, 0.15) is 128 Å². The molecule has 16 rings (SSSR count). The second-order valence-corrected chi connectivity index (χ2v) is 29.3. The minimum absolute atomic E-state index is 0.00401. The van der Waals surface area contributed by atoms with Crippen molar-refractivity contribution in [2.75, 3.05) is 9.80 Å². The summed E-state index contributed by atoms with van der Waals surface area (Å²) < 4.78 is 15.1. The van der Waals surface area contributed by atoms with Gasteiger partial charge in [-0.3, -0.25) is 0 Å². The molecule has 2 aromatic heterocycles. The summed E-state index contributed by atoms with van der Waals surface area (Å²) in [5.41, 5.74) is 23.8. The maximum atomic E-state index is 7.66. The Morgan fingerprint density at radius 1 is 0.292 bits per heavy atom. The molecule has 2 aliphatic rings. The predicted octanol–water partition coefficient (Wildman–Crippen LogP) is 24.3. The first-order valence-corrected chi connectivity index (χ1v) is 31.7. The quantitative estimate of drug-likeness (QED) is 0.166. The molecule has 12 aromatic carbocycles. The van der Waals surface area contributed by atoms with E-state index in [-0.39, 0.29) is 21.7 Å². The van der Waals surface area contributed by atoms with Crippen LogP contribution in [-0.4, -0.2) is 0 Å². The van der Waals surface area contributed by atoms with E-state index in [0.717, 1.165) is 105 Å². The fourth-order valence-corrected chi connectivity index (χ4v) is 15.1. The number of hydrogen-bond donors (Lipinski definition) is 0. The normalized spacial score (nSPS) is 13.7. The monoisotopic (exact) mass is 1150 g/mol. The number of hydrogen-bond acceptors (Lipinski definition) is 4. The van der Waals surface area contributed by atoms with Gasteiger partial charge in [0.15, 0.2) is 0 Å². The van der Waals surface area contributed by atoms with Gasteiger partial charge >= 0.3 is 0 Å². The molecule has 14 aromatic rings. The Bertz CT molecular complexity index is 5040. The molecule has 1 spiro atoms. The highest BCUT2D eigenvalue weighted by Crippen LogP contribution is 2.68. The molecule has 436 valence electrons. The van der Waals surface area contributed by atoms with Crippen molar-refractivity contribution >= 4 is 99.5 Å². The molecule has 0 saturated heterocycles. The molecule has 0 unspecified atom stereocenters. The minimum atomic E-state index is -0.842. The second-order valence-electron chi connectivity index (χ2n) is 29.3. The number of anilines is 6. The summed E-state index contributed by atoms with van der Waals surface area (Å²) in [7, 11) is 0. The van der Waals surface area contributed by atoms with Gasteiger partial charge in [-0.25, -0.2) is 0 Å². The summed E-state index contributed by atoms with van der Waals surface area (Å²) in [6.45, 7) is 27.5. The van der Waals surface area contributed by atoms with E-state index in [2.05, 4.69) is 323 Å². The Hall–Kier alpha value is -9.64. The Morgan fingerprint density at radius 3 is 1.20 bits per heavy atom. The molecule has 0 amide bonds. The minimum Gasteiger partial charge on any atom is -0.455 e. The molecule has 89 heavy (non-hydrogen) atoms. The zero-order valence-corrected chi connectivity index (χ0v) is 53.2. The maximum Gasteiger partial charge on any atom is 0.144 e. The van der Waals surface area contributed by atoms with Crippen LogP contribution in [0.4, 0.5) is 34.1 Å². The second kappa shape index (κ2) is 19.2.